The second kappa shape index (κ2) is 7.28. The highest BCUT2D eigenvalue weighted by Gasteiger charge is 2.33. The minimum absolute atomic E-state index is 0.0415. The average Bonchev–Trinajstić information content (AvgIpc) is 2.53. The molecule has 0 aromatic heterocycles. The number of carbonyl (C=O) groups is 1. The summed E-state index contributed by atoms with van der Waals surface area (Å²) in [6.07, 6.45) is -4.50. The zero-order valence-electron chi connectivity index (χ0n) is 12.6. The Hall–Kier alpha value is -2.34. The Morgan fingerprint density at radius 3 is 2.35 bits per heavy atom. The third-order valence-electron chi connectivity index (χ3n) is 3.49. The van der Waals surface area contributed by atoms with Gasteiger partial charge in [-0.1, -0.05) is 42.5 Å². The molecule has 0 aliphatic rings. The van der Waals surface area contributed by atoms with Crippen molar-refractivity contribution in [3.63, 3.8) is 0 Å². The summed E-state index contributed by atoms with van der Waals surface area (Å²) < 4.78 is 38.6. The van der Waals surface area contributed by atoms with Crippen LogP contribution in [0.3, 0.4) is 0 Å². The van der Waals surface area contributed by atoms with E-state index < -0.39 is 17.6 Å². The number of rotatable bonds is 5. The second-order valence-electron chi connectivity index (χ2n) is 5.23. The summed E-state index contributed by atoms with van der Waals surface area (Å²) in [6, 6.07) is 14.6. The van der Waals surface area contributed by atoms with Crippen LogP contribution in [0.4, 0.5) is 18.9 Å². The van der Waals surface area contributed by atoms with Crippen LogP contribution in [0.15, 0.2) is 54.6 Å². The fourth-order valence-electron chi connectivity index (χ4n) is 2.22. The van der Waals surface area contributed by atoms with Gasteiger partial charge in [0.15, 0.2) is 6.54 Å². The van der Waals surface area contributed by atoms with Crippen molar-refractivity contribution >= 4 is 11.6 Å². The van der Waals surface area contributed by atoms with Crippen LogP contribution in [0.1, 0.15) is 24.1 Å². The Labute approximate surface area is 132 Å². The van der Waals surface area contributed by atoms with E-state index >= 15 is 0 Å². The van der Waals surface area contributed by atoms with Crippen molar-refractivity contribution in [1.29, 1.82) is 0 Å². The molecule has 1 amide bonds. The van der Waals surface area contributed by atoms with Crippen molar-refractivity contribution in [1.82, 2.24) is 0 Å². The number of carbonyl (C=O) groups excluding carboxylic acids is 1. The van der Waals surface area contributed by atoms with Crippen LogP contribution in [-0.4, -0.2) is 12.5 Å². The Bertz CT molecular complexity index is 656. The molecule has 0 aliphatic heterocycles. The number of hydrogen-bond acceptors (Lipinski definition) is 1. The van der Waals surface area contributed by atoms with Gasteiger partial charge in [-0.15, -0.1) is 0 Å². The predicted molar refractivity (Wildman–Crippen MR) is 81.7 cm³/mol. The van der Waals surface area contributed by atoms with Crippen molar-refractivity contribution in [2.45, 2.75) is 19.1 Å². The van der Waals surface area contributed by atoms with Crippen molar-refractivity contribution in [3.8, 4) is 0 Å². The van der Waals surface area contributed by atoms with E-state index in [0.717, 1.165) is 11.6 Å². The summed E-state index contributed by atoms with van der Waals surface area (Å²) >= 11 is 0. The number of nitrogens with one attached hydrogen (secondary N) is 1. The lowest BCUT2D eigenvalue weighted by molar-refractivity contribution is -0.682. The summed E-state index contributed by atoms with van der Waals surface area (Å²) in [6.45, 7) is 1.98. The largest absolute Gasteiger partial charge is 0.418 e. The van der Waals surface area contributed by atoms with Gasteiger partial charge in [-0.25, -0.2) is 0 Å². The Balaban J connectivity index is 1.96. The minimum atomic E-state index is -4.50. The van der Waals surface area contributed by atoms with Gasteiger partial charge in [-0.2, -0.15) is 13.2 Å². The van der Waals surface area contributed by atoms with Gasteiger partial charge in [0.25, 0.3) is 5.91 Å². The van der Waals surface area contributed by atoms with E-state index in [1.165, 1.54) is 18.2 Å². The molecular formula is C17H18F3N2O+. The molecule has 1 atom stereocenters. The van der Waals surface area contributed by atoms with Crippen LogP contribution in [0, 0.1) is 0 Å². The Morgan fingerprint density at radius 2 is 1.70 bits per heavy atom. The summed E-state index contributed by atoms with van der Waals surface area (Å²) in [4.78, 5) is 11.9. The lowest BCUT2D eigenvalue weighted by Gasteiger charge is -2.14. The van der Waals surface area contributed by atoms with Gasteiger partial charge >= 0.3 is 6.18 Å². The van der Waals surface area contributed by atoms with E-state index in [-0.39, 0.29) is 18.3 Å². The number of amides is 1. The van der Waals surface area contributed by atoms with Gasteiger partial charge in [-0.05, 0) is 19.1 Å². The molecule has 23 heavy (non-hydrogen) atoms. The average molecular weight is 323 g/mol. The summed E-state index contributed by atoms with van der Waals surface area (Å²) in [5.41, 5.74) is -0.00814. The van der Waals surface area contributed by atoms with Gasteiger partial charge in [0.2, 0.25) is 0 Å². The minimum Gasteiger partial charge on any atom is -0.333 e. The van der Waals surface area contributed by atoms with E-state index in [1.807, 2.05) is 37.3 Å². The third-order valence-corrected chi connectivity index (χ3v) is 3.49. The third kappa shape index (κ3) is 4.82. The quantitative estimate of drug-likeness (QED) is 0.873. The predicted octanol–water partition coefficient (Wildman–Crippen LogP) is 2.97. The molecule has 0 saturated carbocycles. The number of benzene rings is 2. The SMILES string of the molecule is C[C@@H]([NH2+]CC(=O)Nc1ccccc1C(F)(F)F)c1ccccc1. The highest BCUT2D eigenvalue weighted by atomic mass is 19.4. The molecule has 3 N–H and O–H groups in total. The summed E-state index contributed by atoms with van der Waals surface area (Å²) in [5.74, 6) is -0.468. The number of alkyl halides is 3. The summed E-state index contributed by atoms with van der Waals surface area (Å²) in [7, 11) is 0. The van der Waals surface area contributed by atoms with E-state index in [9.17, 15) is 18.0 Å². The molecule has 0 bridgehead atoms. The van der Waals surface area contributed by atoms with Crippen molar-refractivity contribution < 1.29 is 23.3 Å². The molecule has 2 aromatic carbocycles. The molecule has 6 heteroatoms. The lowest BCUT2D eigenvalue weighted by atomic mass is 10.1. The fourth-order valence-corrected chi connectivity index (χ4v) is 2.22. The van der Waals surface area contributed by atoms with E-state index in [0.29, 0.717) is 0 Å². The first-order chi connectivity index (χ1) is 10.9. The summed E-state index contributed by atoms with van der Waals surface area (Å²) in [5, 5.41) is 4.11. The van der Waals surface area contributed by atoms with Crippen LogP contribution < -0.4 is 10.6 Å². The molecular weight excluding hydrogens is 305 g/mol. The number of halogens is 3. The van der Waals surface area contributed by atoms with Crippen LogP contribution in [0.5, 0.6) is 0 Å². The fraction of sp³-hybridized carbons (Fsp3) is 0.235. The van der Waals surface area contributed by atoms with Crippen molar-refractivity contribution in [2.75, 3.05) is 11.9 Å². The maximum Gasteiger partial charge on any atom is 0.418 e. The number of para-hydroxylation sites is 1. The monoisotopic (exact) mass is 323 g/mol. The molecule has 0 spiro atoms. The topological polar surface area (TPSA) is 45.7 Å². The molecule has 3 nitrogen and oxygen atoms in total. The maximum atomic E-state index is 12.9. The first-order valence-electron chi connectivity index (χ1n) is 7.22. The Kier molecular flexibility index (Phi) is 5.39. The van der Waals surface area contributed by atoms with Gasteiger partial charge in [0, 0.05) is 5.56 Å². The lowest BCUT2D eigenvalue weighted by Crippen LogP contribution is -2.86. The first-order valence-corrected chi connectivity index (χ1v) is 7.22. The highest BCUT2D eigenvalue weighted by Crippen LogP contribution is 2.34. The zero-order chi connectivity index (χ0) is 16.9. The highest BCUT2D eigenvalue weighted by molar-refractivity contribution is 5.92. The van der Waals surface area contributed by atoms with Crippen LogP contribution in [-0.2, 0) is 11.0 Å². The van der Waals surface area contributed by atoms with Gasteiger partial charge in [0.05, 0.1) is 11.3 Å². The molecule has 0 fully saturated rings. The second-order valence-corrected chi connectivity index (χ2v) is 5.23. The smallest absolute Gasteiger partial charge is 0.333 e. The number of nitrogens with two attached hydrogens (primary N) is 1. The van der Waals surface area contributed by atoms with Crippen molar-refractivity contribution in [3.05, 3.63) is 65.7 Å². The standard InChI is InChI=1S/C17H17F3N2O/c1-12(13-7-3-2-4-8-13)21-11-16(23)22-15-10-6-5-9-14(15)17(18,19)20/h2-10,12,21H,11H2,1H3,(H,22,23)/p+1/t12-/m1/s1. The molecule has 2 aromatic rings. The molecule has 0 unspecified atom stereocenters. The van der Waals surface area contributed by atoms with E-state index in [4.69, 9.17) is 0 Å². The van der Waals surface area contributed by atoms with Gasteiger partial charge in [-0.3, -0.25) is 4.79 Å². The van der Waals surface area contributed by atoms with Gasteiger partial charge in [0.1, 0.15) is 6.04 Å². The van der Waals surface area contributed by atoms with Gasteiger partial charge < -0.3 is 10.6 Å². The molecule has 122 valence electrons. The molecule has 0 heterocycles. The number of quaternary nitrogens is 1. The zero-order valence-corrected chi connectivity index (χ0v) is 12.6. The molecule has 2 rings (SSSR count). The number of hydrogen-bond donors (Lipinski definition) is 2. The molecule has 0 aliphatic carbocycles. The number of anilines is 1. The van der Waals surface area contributed by atoms with Crippen LogP contribution in [0.25, 0.3) is 0 Å². The normalized spacial score (nSPS) is 12.7. The Morgan fingerprint density at radius 1 is 1.09 bits per heavy atom. The maximum absolute atomic E-state index is 12.9. The van der Waals surface area contributed by atoms with E-state index in [2.05, 4.69) is 5.32 Å². The molecule has 0 saturated heterocycles. The first kappa shape index (κ1) is 17.0. The van der Waals surface area contributed by atoms with Crippen molar-refractivity contribution in [2.24, 2.45) is 0 Å². The van der Waals surface area contributed by atoms with Crippen LogP contribution >= 0.6 is 0 Å². The van der Waals surface area contributed by atoms with Crippen LogP contribution in [0.2, 0.25) is 0 Å². The van der Waals surface area contributed by atoms with E-state index in [1.54, 1.807) is 5.32 Å². The molecule has 0 radical (unpaired) electrons.